The largest absolute Gasteiger partial charge is 0.486 e. The molecule has 2 atom stereocenters. The van der Waals surface area contributed by atoms with Gasteiger partial charge in [-0.2, -0.15) is 0 Å². The highest BCUT2D eigenvalue weighted by molar-refractivity contribution is 5.77. The summed E-state index contributed by atoms with van der Waals surface area (Å²) in [6, 6.07) is 23.9. The highest BCUT2D eigenvalue weighted by Gasteiger charge is 2.28. The number of ether oxygens (including phenoxy) is 2. The molecule has 0 radical (unpaired) electrons. The summed E-state index contributed by atoms with van der Waals surface area (Å²) < 4.78 is 13.1. The molecule has 180 valence electrons. The molecule has 2 unspecified atom stereocenters. The van der Waals surface area contributed by atoms with E-state index in [0.29, 0.717) is 41.2 Å². The molecule has 4 rings (SSSR count). The van der Waals surface area contributed by atoms with E-state index in [0.717, 1.165) is 5.56 Å². The maximum Gasteiger partial charge on any atom is 0.333 e. The maximum atomic E-state index is 13.3. The van der Waals surface area contributed by atoms with Crippen LogP contribution in [0.1, 0.15) is 37.6 Å². The van der Waals surface area contributed by atoms with E-state index < -0.39 is 12.1 Å². The van der Waals surface area contributed by atoms with Gasteiger partial charge in [0.05, 0.1) is 16.6 Å². The molecule has 0 saturated carbocycles. The van der Waals surface area contributed by atoms with Crippen molar-refractivity contribution in [1.82, 2.24) is 9.55 Å². The number of aromatic nitrogens is 2. The van der Waals surface area contributed by atoms with E-state index in [2.05, 4.69) is 0 Å². The normalized spacial score (nSPS) is 12.9. The van der Waals surface area contributed by atoms with Gasteiger partial charge < -0.3 is 14.6 Å². The predicted molar refractivity (Wildman–Crippen MR) is 134 cm³/mol. The van der Waals surface area contributed by atoms with Gasteiger partial charge in [0.15, 0.2) is 11.9 Å². The third kappa shape index (κ3) is 5.25. The first-order chi connectivity index (χ1) is 17.0. The number of aliphatic carboxylic acids is 1. The molecular formula is C28H28N2O5. The number of hydrogen-bond acceptors (Lipinski definition) is 5. The number of benzene rings is 3. The second kappa shape index (κ2) is 11.0. The number of para-hydroxylation sites is 2. The zero-order valence-electron chi connectivity index (χ0n) is 19.8. The molecule has 1 N–H and O–H groups in total. The van der Waals surface area contributed by atoms with Gasteiger partial charge in [0, 0.05) is 12.5 Å². The topological polar surface area (TPSA) is 90.7 Å². The fourth-order valence-electron chi connectivity index (χ4n) is 4.24. The van der Waals surface area contributed by atoms with Gasteiger partial charge in [-0.15, -0.1) is 0 Å². The third-order valence-electron chi connectivity index (χ3n) is 5.93. The summed E-state index contributed by atoms with van der Waals surface area (Å²) in [7, 11) is 0. The monoisotopic (exact) mass is 472 g/mol. The Labute approximate surface area is 203 Å². The molecule has 0 saturated heterocycles. The minimum absolute atomic E-state index is 0.0855. The first kappa shape index (κ1) is 24.2. The van der Waals surface area contributed by atoms with Crippen LogP contribution in [0.4, 0.5) is 0 Å². The fourth-order valence-corrected chi connectivity index (χ4v) is 4.24. The molecule has 0 aliphatic rings. The van der Waals surface area contributed by atoms with Gasteiger partial charge in [0.1, 0.15) is 12.4 Å². The number of carboxylic acid groups (broad SMARTS) is 1. The number of rotatable bonds is 10. The number of carboxylic acids is 1. The quantitative estimate of drug-likeness (QED) is 0.351. The van der Waals surface area contributed by atoms with Crippen molar-refractivity contribution in [3.63, 3.8) is 0 Å². The van der Waals surface area contributed by atoms with Gasteiger partial charge in [0.25, 0.3) is 5.56 Å². The van der Waals surface area contributed by atoms with Gasteiger partial charge in [-0.1, -0.05) is 49.4 Å². The molecule has 35 heavy (non-hydrogen) atoms. The molecule has 7 heteroatoms. The second-order valence-corrected chi connectivity index (χ2v) is 8.11. The Morgan fingerprint density at radius 2 is 1.66 bits per heavy atom. The first-order valence-electron chi connectivity index (χ1n) is 11.7. The molecule has 0 amide bonds. The van der Waals surface area contributed by atoms with Crippen LogP contribution in [-0.2, 0) is 16.1 Å². The number of carbonyl (C=O) groups is 1. The van der Waals surface area contributed by atoms with Crippen LogP contribution in [0.5, 0.6) is 5.75 Å². The van der Waals surface area contributed by atoms with Crippen molar-refractivity contribution in [1.29, 1.82) is 0 Å². The summed E-state index contributed by atoms with van der Waals surface area (Å²) in [5.74, 6) is -0.168. The Morgan fingerprint density at radius 3 is 2.31 bits per heavy atom. The average Bonchev–Trinajstić information content (AvgIpc) is 2.88. The highest BCUT2D eigenvalue weighted by Crippen LogP contribution is 2.28. The van der Waals surface area contributed by atoms with Gasteiger partial charge in [-0.05, 0) is 55.3 Å². The van der Waals surface area contributed by atoms with Gasteiger partial charge in [0.2, 0.25) is 0 Å². The molecule has 0 spiro atoms. The van der Waals surface area contributed by atoms with E-state index in [1.807, 2.05) is 67.6 Å². The van der Waals surface area contributed by atoms with Crippen LogP contribution >= 0.6 is 0 Å². The van der Waals surface area contributed by atoms with Gasteiger partial charge >= 0.3 is 5.97 Å². The minimum Gasteiger partial charge on any atom is -0.486 e. The minimum atomic E-state index is -0.972. The van der Waals surface area contributed by atoms with Crippen molar-refractivity contribution >= 4 is 16.9 Å². The first-order valence-corrected chi connectivity index (χ1v) is 11.7. The van der Waals surface area contributed by atoms with Gasteiger partial charge in [-0.3, -0.25) is 9.36 Å². The average molecular weight is 473 g/mol. The lowest BCUT2D eigenvalue weighted by atomic mass is 9.91. The zero-order chi connectivity index (χ0) is 24.8. The van der Waals surface area contributed by atoms with Crippen LogP contribution in [0.15, 0.2) is 83.7 Å². The molecule has 3 aromatic carbocycles. The summed E-state index contributed by atoms with van der Waals surface area (Å²) in [6.45, 7) is 4.15. The van der Waals surface area contributed by atoms with Crippen LogP contribution in [-0.4, -0.2) is 33.3 Å². The highest BCUT2D eigenvalue weighted by atomic mass is 16.5. The SMILES string of the molecule is CCOC(C(=O)O)C(CC)c1ccc(OCc2nc3ccccc3c(=O)n2-c2ccccc2)cc1. The second-order valence-electron chi connectivity index (χ2n) is 8.11. The van der Waals surface area contributed by atoms with Crippen molar-refractivity contribution in [3.8, 4) is 11.4 Å². The molecule has 0 aliphatic carbocycles. The molecule has 4 aromatic rings. The molecule has 1 heterocycles. The predicted octanol–water partition coefficient (Wildman–Crippen LogP) is 4.95. The molecule has 7 nitrogen and oxygen atoms in total. The molecular weight excluding hydrogens is 444 g/mol. The van der Waals surface area contributed by atoms with Gasteiger partial charge in [-0.25, -0.2) is 9.78 Å². The Kier molecular flexibility index (Phi) is 7.57. The fraction of sp³-hybridized carbons (Fsp3) is 0.250. The number of hydrogen-bond donors (Lipinski definition) is 1. The van der Waals surface area contributed by atoms with Crippen molar-refractivity contribution in [2.24, 2.45) is 0 Å². The summed E-state index contributed by atoms with van der Waals surface area (Å²) >= 11 is 0. The summed E-state index contributed by atoms with van der Waals surface area (Å²) in [4.78, 5) is 29.7. The number of nitrogens with zero attached hydrogens (tertiary/aromatic N) is 2. The van der Waals surface area contributed by atoms with Crippen molar-refractivity contribution in [2.75, 3.05) is 6.61 Å². The molecule has 0 fully saturated rings. The van der Waals surface area contributed by atoms with Crippen molar-refractivity contribution in [3.05, 3.63) is 101 Å². The van der Waals surface area contributed by atoms with Crippen molar-refractivity contribution < 1.29 is 19.4 Å². The Bertz CT molecular complexity index is 1350. The third-order valence-corrected chi connectivity index (χ3v) is 5.93. The van der Waals surface area contributed by atoms with Crippen molar-refractivity contribution in [2.45, 2.75) is 38.9 Å². The van der Waals surface area contributed by atoms with E-state index in [4.69, 9.17) is 14.5 Å². The maximum absolute atomic E-state index is 13.3. The lowest BCUT2D eigenvalue weighted by molar-refractivity contribution is -0.151. The van der Waals surface area contributed by atoms with Crippen LogP contribution in [0.2, 0.25) is 0 Å². The summed E-state index contributed by atoms with van der Waals surface area (Å²) in [5, 5.41) is 10.1. The summed E-state index contributed by atoms with van der Waals surface area (Å²) in [5.41, 5.74) is 2.04. The summed E-state index contributed by atoms with van der Waals surface area (Å²) in [6.07, 6.45) is -0.277. The van der Waals surface area contributed by atoms with E-state index >= 15 is 0 Å². The van der Waals surface area contributed by atoms with Crippen LogP contribution in [0.25, 0.3) is 16.6 Å². The lowest BCUT2D eigenvalue weighted by Crippen LogP contribution is -2.30. The Balaban J connectivity index is 1.61. The lowest BCUT2D eigenvalue weighted by Gasteiger charge is -2.23. The smallest absolute Gasteiger partial charge is 0.333 e. The van der Waals surface area contributed by atoms with E-state index in [-0.39, 0.29) is 18.1 Å². The van der Waals surface area contributed by atoms with E-state index in [1.165, 1.54) is 0 Å². The van der Waals surface area contributed by atoms with Crippen LogP contribution in [0.3, 0.4) is 0 Å². The van der Waals surface area contributed by atoms with E-state index in [1.54, 1.807) is 29.7 Å². The molecule has 1 aromatic heterocycles. The van der Waals surface area contributed by atoms with Crippen LogP contribution < -0.4 is 10.3 Å². The molecule has 0 bridgehead atoms. The van der Waals surface area contributed by atoms with Crippen LogP contribution in [0, 0.1) is 0 Å². The Hall–Kier alpha value is -3.97. The number of fused-ring (bicyclic) bond motifs is 1. The standard InChI is InChI=1S/C28H28N2O5/c1-3-22(26(28(32)33)34-4-2)19-14-16-21(17-15-19)35-18-25-29-24-13-9-8-12-23(24)27(31)30(25)20-10-6-5-7-11-20/h5-17,22,26H,3-4,18H2,1-2H3,(H,32,33). The molecule has 0 aliphatic heterocycles. The van der Waals surface area contributed by atoms with E-state index in [9.17, 15) is 14.7 Å². The zero-order valence-corrected chi connectivity index (χ0v) is 19.8. The Morgan fingerprint density at radius 1 is 0.971 bits per heavy atom.